The van der Waals surface area contributed by atoms with Gasteiger partial charge in [0.05, 0.1) is 17.8 Å². The van der Waals surface area contributed by atoms with Crippen LogP contribution in [0.15, 0.2) is 18.2 Å². The normalized spacial score (nSPS) is 10.7. The van der Waals surface area contributed by atoms with Gasteiger partial charge < -0.3 is 10.1 Å². The molecule has 0 aliphatic carbocycles. The lowest BCUT2D eigenvalue weighted by atomic mass is 10.0. The molecule has 18 heavy (non-hydrogen) atoms. The molecular formula is C13H16ClN3O. The minimum atomic E-state index is 0.603. The molecule has 0 atom stereocenters. The van der Waals surface area contributed by atoms with Gasteiger partial charge in [-0.15, -0.1) is 0 Å². The Labute approximate surface area is 111 Å². The van der Waals surface area contributed by atoms with Crippen LogP contribution >= 0.6 is 11.6 Å². The number of H-pyrrole nitrogens is 1. The number of benzene rings is 1. The lowest BCUT2D eigenvalue weighted by Gasteiger charge is -2.07. The van der Waals surface area contributed by atoms with Crippen LogP contribution in [-0.4, -0.2) is 24.4 Å². The highest BCUT2D eigenvalue weighted by atomic mass is 35.5. The van der Waals surface area contributed by atoms with Crippen molar-refractivity contribution in [2.75, 3.05) is 14.2 Å². The van der Waals surface area contributed by atoms with Crippen LogP contribution in [0.4, 0.5) is 0 Å². The van der Waals surface area contributed by atoms with Crippen LogP contribution in [0.3, 0.4) is 0 Å². The third-order valence-corrected chi connectivity index (χ3v) is 3.10. The van der Waals surface area contributed by atoms with Crippen LogP contribution in [0, 0.1) is 6.92 Å². The number of hydrogen-bond acceptors (Lipinski definition) is 3. The molecule has 1 aromatic carbocycles. The van der Waals surface area contributed by atoms with E-state index in [1.54, 1.807) is 7.11 Å². The Morgan fingerprint density at radius 2 is 2.22 bits per heavy atom. The molecule has 1 heterocycles. The van der Waals surface area contributed by atoms with Gasteiger partial charge in [0, 0.05) is 17.8 Å². The molecule has 2 aromatic rings. The molecule has 1 aromatic heterocycles. The van der Waals surface area contributed by atoms with Gasteiger partial charge in [0.15, 0.2) is 0 Å². The largest absolute Gasteiger partial charge is 0.495 e. The van der Waals surface area contributed by atoms with Gasteiger partial charge in [-0.05, 0) is 31.7 Å². The first-order valence-electron chi connectivity index (χ1n) is 5.69. The average Bonchev–Trinajstić information content (AvgIpc) is 2.71. The van der Waals surface area contributed by atoms with Crippen molar-refractivity contribution in [3.63, 3.8) is 0 Å². The van der Waals surface area contributed by atoms with Gasteiger partial charge in [-0.1, -0.05) is 17.7 Å². The van der Waals surface area contributed by atoms with E-state index < -0.39 is 0 Å². The first-order chi connectivity index (χ1) is 8.67. The van der Waals surface area contributed by atoms with Gasteiger partial charge in [-0.3, -0.25) is 5.10 Å². The molecule has 4 nitrogen and oxygen atoms in total. The molecule has 0 saturated heterocycles. The van der Waals surface area contributed by atoms with E-state index in [-0.39, 0.29) is 0 Å². The van der Waals surface area contributed by atoms with Crippen LogP contribution in [-0.2, 0) is 6.54 Å². The summed E-state index contributed by atoms with van der Waals surface area (Å²) in [4.78, 5) is 0. The number of nitrogens with zero attached hydrogens (tertiary/aromatic N) is 1. The van der Waals surface area contributed by atoms with Crippen molar-refractivity contribution >= 4 is 11.6 Å². The first kappa shape index (κ1) is 12.9. The van der Waals surface area contributed by atoms with Gasteiger partial charge in [0.1, 0.15) is 5.75 Å². The van der Waals surface area contributed by atoms with Crippen molar-refractivity contribution in [1.82, 2.24) is 15.5 Å². The van der Waals surface area contributed by atoms with E-state index in [2.05, 4.69) is 15.5 Å². The second-order valence-electron chi connectivity index (χ2n) is 4.05. The third-order valence-electron chi connectivity index (χ3n) is 2.81. The van der Waals surface area contributed by atoms with Crippen molar-refractivity contribution in [2.45, 2.75) is 13.5 Å². The van der Waals surface area contributed by atoms with Gasteiger partial charge in [-0.25, -0.2) is 0 Å². The maximum absolute atomic E-state index is 6.16. The maximum atomic E-state index is 6.16. The zero-order valence-electron chi connectivity index (χ0n) is 10.7. The van der Waals surface area contributed by atoms with Crippen molar-refractivity contribution in [3.05, 3.63) is 34.6 Å². The summed E-state index contributed by atoms with van der Waals surface area (Å²) in [7, 11) is 3.51. The zero-order valence-corrected chi connectivity index (χ0v) is 11.4. The summed E-state index contributed by atoms with van der Waals surface area (Å²) in [5, 5.41) is 11.0. The minimum absolute atomic E-state index is 0.603. The Kier molecular flexibility index (Phi) is 3.89. The molecule has 2 rings (SSSR count). The van der Waals surface area contributed by atoms with Crippen LogP contribution in [0.2, 0.25) is 5.02 Å². The number of methoxy groups -OCH3 is 1. The summed E-state index contributed by atoms with van der Waals surface area (Å²) in [5.41, 5.74) is 4.14. The first-order valence-corrected chi connectivity index (χ1v) is 6.07. The SMILES string of the molecule is CNCc1n[nH]c(C)c1-c1ccc(OC)c(Cl)c1. The van der Waals surface area contributed by atoms with Gasteiger partial charge in [-0.2, -0.15) is 5.10 Å². The van der Waals surface area contributed by atoms with E-state index in [0.717, 1.165) is 22.5 Å². The summed E-state index contributed by atoms with van der Waals surface area (Å²) in [6.45, 7) is 2.71. The van der Waals surface area contributed by atoms with E-state index in [1.807, 2.05) is 32.2 Å². The van der Waals surface area contributed by atoms with Crippen molar-refractivity contribution in [1.29, 1.82) is 0 Å². The van der Waals surface area contributed by atoms with E-state index in [1.165, 1.54) is 0 Å². The fraction of sp³-hybridized carbons (Fsp3) is 0.308. The number of halogens is 1. The second-order valence-corrected chi connectivity index (χ2v) is 4.46. The Bertz CT molecular complexity index is 551. The lowest BCUT2D eigenvalue weighted by Crippen LogP contribution is -2.06. The molecule has 0 fully saturated rings. The third kappa shape index (κ3) is 2.35. The number of aromatic nitrogens is 2. The number of aryl methyl sites for hydroxylation is 1. The Morgan fingerprint density at radius 3 is 2.83 bits per heavy atom. The molecule has 96 valence electrons. The molecule has 0 unspecified atom stereocenters. The molecular weight excluding hydrogens is 250 g/mol. The highest BCUT2D eigenvalue weighted by Crippen LogP contribution is 2.32. The quantitative estimate of drug-likeness (QED) is 0.894. The van der Waals surface area contributed by atoms with Crippen LogP contribution < -0.4 is 10.1 Å². The number of nitrogens with one attached hydrogen (secondary N) is 2. The summed E-state index contributed by atoms with van der Waals surface area (Å²) in [5.74, 6) is 0.678. The Morgan fingerprint density at radius 1 is 1.44 bits per heavy atom. The predicted octanol–water partition coefficient (Wildman–Crippen LogP) is 2.77. The lowest BCUT2D eigenvalue weighted by molar-refractivity contribution is 0.415. The van der Waals surface area contributed by atoms with Crippen molar-refractivity contribution in [2.24, 2.45) is 0 Å². The Balaban J connectivity index is 2.48. The molecule has 0 bridgehead atoms. The number of rotatable bonds is 4. The summed E-state index contributed by atoms with van der Waals surface area (Å²) < 4.78 is 5.16. The average molecular weight is 266 g/mol. The van der Waals surface area contributed by atoms with Crippen LogP contribution in [0.25, 0.3) is 11.1 Å². The zero-order chi connectivity index (χ0) is 13.1. The second kappa shape index (κ2) is 5.42. The fourth-order valence-corrected chi connectivity index (χ4v) is 2.24. The number of hydrogen-bond donors (Lipinski definition) is 2. The molecule has 0 amide bonds. The molecule has 0 saturated carbocycles. The molecule has 0 radical (unpaired) electrons. The minimum Gasteiger partial charge on any atom is -0.495 e. The summed E-state index contributed by atoms with van der Waals surface area (Å²) >= 11 is 6.16. The van der Waals surface area contributed by atoms with Crippen LogP contribution in [0.5, 0.6) is 5.75 Å². The smallest absolute Gasteiger partial charge is 0.137 e. The van der Waals surface area contributed by atoms with E-state index in [0.29, 0.717) is 17.3 Å². The number of ether oxygens (including phenoxy) is 1. The molecule has 0 aliphatic heterocycles. The van der Waals surface area contributed by atoms with E-state index >= 15 is 0 Å². The van der Waals surface area contributed by atoms with E-state index in [9.17, 15) is 0 Å². The van der Waals surface area contributed by atoms with Gasteiger partial charge >= 0.3 is 0 Å². The Hall–Kier alpha value is -1.52. The summed E-state index contributed by atoms with van der Waals surface area (Å²) in [6.07, 6.45) is 0. The van der Waals surface area contributed by atoms with Crippen molar-refractivity contribution < 1.29 is 4.74 Å². The standard InChI is InChI=1S/C13H16ClN3O/c1-8-13(11(7-15-2)17-16-8)9-4-5-12(18-3)10(14)6-9/h4-6,15H,7H2,1-3H3,(H,16,17). The van der Waals surface area contributed by atoms with Crippen LogP contribution in [0.1, 0.15) is 11.4 Å². The topological polar surface area (TPSA) is 49.9 Å². The van der Waals surface area contributed by atoms with Gasteiger partial charge in [0.25, 0.3) is 0 Å². The monoisotopic (exact) mass is 265 g/mol. The summed E-state index contributed by atoms with van der Waals surface area (Å²) in [6, 6.07) is 5.76. The predicted molar refractivity (Wildman–Crippen MR) is 73.1 cm³/mol. The molecule has 0 aliphatic rings. The maximum Gasteiger partial charge on any atom is 0.137 e. The molecule has 2 N–H and O–H groups in total. The number of aromatic amines is 1. The van der Waals surface area contributed by atoms with Crippen molar-refractivity contribution in [3.8, 4) is 16.9 Å². The highest BCUT2D eigenvalue weighted by Gasteiger charge is 2.13. The molecule has 5 heteroatoms. The highest BCUT2D eigenvalue weighted by molar-refractivity contribution is 6.32. The van der Waals surface area contributed by atoms with E-state index in [4.69, 9.17) is 16.3 Å². The fourth-order valence-electron chi connectivity index (χ4n) is 1.98. The van der Waals surface area contributed by atoms with Gasteiger partial charge in [0.2, 0.25) is 0 Å². The molecule has 0 spiro atoms.